The van der Waals surface area contributed by atoms with Crippen LogP contribution < -0.4 is 14.2 Å². The summed E-state index contributed by atoms with van der Waals surface area (Å²) in [4.78, 5) is 36.8. The molecule has 4 aromatic carbocycles. The third kappa shape index (κ3) is 6.47. The highest BCUT2D eigenvalue weighted by Crippen LogP contribution is 2.21. The molecule has 0 radical (unpaired) electrons. The number of ether oxygens (including phenoxy) is 3. The molecule has 0 saturated carbocycles. The van der Waals surface area contributed by atoms with E-state index in [9.17, 15) is 14.4 Å². The molecule has 0 saturated heterocycles. The van der Waals surface area contributed by atoms with Crippen LogP contribution in [0.5, 0.6) is 17.2 Å². The molecule has 0 atom stereocenters. The summed E-state index contributed by atoms with van der Waals surface area (Å²) in [5, 5.41) is 1.03. The normalized spacial score (nSPS) is 10.3. The average Bonchev–Trinajstić information content (AvgIpc) is 2.86. The van der Waals surface area contributed by atoms with E-state index in [1.807, 2.05) is 0 Å². The van der Waals surface area contributed by atoms with Crippen LogP contribution in [0.25, 0.3) is 0 Å². The maximum atomic E-state index is 12.4. The monoisotopic (exact) mass is 506 g/mol. The third-order valence-electron chi connectivity index (χ3n) is 4.71. The first-order valence-electron chi connectivity index (χ1n) is 10.3. The first-order valence-corrected chi connectivity index (χ1v) is 11.0. The zero-order valence-electron chi connectivity index (χ0n) is 17.9. The molecule has 6 nitrogen and oxygen atoms in total. The van der Waals surface area contributed by atoms with Crippen LogP contribution in [-0.4, -0.2) is 17.9 Å². The van der Waals surface area contributed by atoms with Crippen molar-refractivity contribution in [2.45, 2.75) is 0 Å². The minimum absolute atomic E-state index is 0.259. The quantitative estimate of drug-likeness (QED) is 0.215. The van der Waals surface area contributed by atoms with Crippen molar-refractivity contribution in [3.8, 4) is 17.2 Å². The first kappa shape index (κ1) is 24.0. The van der Waals surface area contributed by atoms with Crippen LogP contribution in [-0.2, 0) is 0 Å². The van der Waals surface area contributed by atoms with Gasteiger partial charge in [-0.25, -0.2) is 14.4 Å². The second-order valence-corrected chi connectivity index (χ2v) is 8.05. The van der Waals surface area contributed by atoms with Crippen molar-refractivity contribution in [3.05, 3.63) is 124 Å². The van der Waals surface area contributed by atoms with Crippen LogP contribution in [0.2, 0.25) is 10.0 Å². The molecule has 0 heterocycles. The lowest BCUT2D eigenvalue weighted by Crippen LogP contribution is -2.10. The van der Waals surface area contributed by atoms with Gasteiger partial charge in [-0.3, -0.25) is 0 Å². The molecule has 35 heavy (non-hydrogen) atoms. The van der Waals surface area contributed by atoms with Crippen LogP contribution in [0.4, 0.5) is 0 Å². The van der Waals surface area contributed by atoms with Crippen molar-refractivity contribution >= 4 is 41.1 Å². The highest BCUT2D eigenvalue weighted by atomic mass is 35.5. The van der Waals surface area contributed by atoms with E-state index < -0.39 is 17.9 Å². The fourth-order valence-corrected chi connectivity index (χ4v) is 3.16. The molecule has 0 amide bonds. The van der Waals surface area contributed by atoms with Gasteiger partial charge in [0.15, 0.2) is 0 Å². The Hall–Kier alpha value is -4.13. The SMILES string of the molecule is O=C(Oc1ccc(OC(=O)c2ccc(OC(=O)c3ccc(Cl)cc3)cc2)cc1)c1ccc(Cl)cc1. The Morgan fingerprint density at radius 3 is 0.914 bits per heavy atom. The smallest absolute Gasteiger partial charge is 0.343 e. The first-order chi connectivity index (χ1) is 16.9. The van der Waals surface area contributed by atoms with Gasteiger partial charge >= 0.3 is 17.9 Å². The van der Waals surface area contributed by atoms with E-state index in [1.165, 1.54) is 48.5 Å². The van der Waals surface area contributed by atoms with E-state index in [4.69, 9.17) is 37.4 Å². The molecule has 4 aromatic rings. The maximum Gasteiger partial charge on any atom is 0.343 e. The van der Waals surface area contributed by atoms with Gasteiger partial charge in [-0.15, -0.1) is 0 Å². The maximum absolute atomic E-state index is 12.4. The number of hydrogen-bond donors (Lipinski definition) is 0. The van der Waals surface area contributed by atoms with E-state index in [1.54, 1.807) is 48.5 Å². The Morgan fingerprint density at radius 2 is 0.629 bits per heavy atom. The summed E-state index contributed by atoms with van der Waals surface area (Å²) in [6.07, 6.45) is 0. The van der Waals surface area contributed by atoms with E-state index in [0.717, 1.165) is 0 Å². The van der Waals surface area contributed by atoms with Crippen molar-refractivity contribution in [3.63, 3.8) is 0 Å². The summed E-state index contributed by atoms with van der Waals surface area (Å²) < 4.78 is 15.9. The summed E-state index contributed by atoms with van der Waals surface area (Å²) in [5.41, 5.74) is 0.960. The Labute approximate surface area is 210 Å². The molecule has 0 aliphatic rings. The number of esters is 3. The molecule has 0 fully saturated rings. The molecular weight excluding hydrogens is 491 g/mol. The van der Waals surface area contributed by atoms with Crippen LogP contribution in [0.1, 0.15) is 31.1 Å². The standard InChI is InChI=1S/C27H16Cl2O6/c28-20-7-1-17(2-8-20)25(30)33-22-11-5-19(6-12-22)27(32)35-24-15-13-23(14-16-24)34-26(31)18-3-9-21(29)10-4-18/h1-16H. The molecule has 4 rings (SSSR count). The molecule has 0 unspecified atom stereocenters. The Kier molecular flexibility index (Phi) is 7.45. The minimum Gasteiger partial charge on any atom is -0.423 e. The Morgan fingerprint density at radius 1 is 0.400 bits per heavy atom. The summed E-state index contributed by atoms with van der Waals surface area (Å²) in [7, 11) is 0. The van der Waals surface area contributed by atoms with Crippen LogP contribution in [0.3, 0.4) is 0 Å². The summed E-state index contributed by atoms with van der Waals surface area (Å²) in [6, 6.07) is 24.6. The molecule has 8 heteroatoms. The second kappa shape index (κ2) is 10.9. The summed E-state index contributed by atoms with van der Waals surface area (Å²) in [5.74, 6) is -0.868. The summed E-state index contributed by atoms with van der Waals surface area (Å²) >= 11 is 11.6. The minimum atomic E-state index is -0.605. The van der Waals surface area contributed by atoms with Crippen molar-refractivity contribution in [1.29, 1.82) is 0 Å². The Bertz CT molecular complexity index is 1350. The van der Waals surface area contributed by atoms with Gasteiger partial charge in [-0.2, -0.15) is 0 Å². The molecule has 174 valence electrons. The number of hydrogen-bond acceptors (Lipinski definition) is 6. The predicted octanol–water partition coefficient (Wildman–Crippen LogP) is 6.65. The van der Waals surface area contributed by atoms with Crippen molar-refractivity contribution in [2.75, 3.05) is 0 Å². The van der Waals surface area contributed by atoms with Gasteiger partial charge in [0.25, 0.3) is 0 Å². The topological polar surface area (TPSA) is 78.9 Å². The van der Waals surface area contributed by atoms with Gasteiger partial charge in [0, 0.05) is 10.0 Å². The lowest BCUT2D eigenvalue weighted by Gasteiger charge is -2.08. The van der Waals surface area contributed by atoms with Gasteiger partial charge in [0.1, 0.15) is 17.2 Å². The fourth-order valence-electron chi connectivity index (χ4n) is 2.90. The van der Waals surface area contributed by atoms with E-state index in [2.05, 4.69) is 0 Å². The summed E-state index contributed by atoms with van der Waals surface area (Å²) in [6.45, 7) is 0. The van der Waals surface area contributed by atoms with Crippen molar-refractivity contribution in [2.24, 2.45) is 0 Å². The molecule has 0 spiro atoms. The fraction of sp³-hybridized carbons (Fsp3) is 0. The predicted molar refractivity (Wildman–Crippen MR) is 131 cm³/mol. The highest BCUT2D eigenvalue weighted by Gasteiger charge is 2.13. The Balaban J connectivity index is 1.32. The largest absolute Gasteiger partial charge is 0.423 e. The van der Waals surface area contributed by atoms with Gasteiger partial charge in [0.05, 0.1) is 16.7 Å². The van der Waals surface area contributed by atoms with Crippen LogP contribution in [0, 0.1) is 0 Å². The molecular formula is C27H16Cl2O6. The van der Waals surface area contributed by atoms with Crippen molar-refractivity contribution in [1.82, 2.24) is 0 Å². The van der Waals surface area contributed by atoms with E-state index >= 15 is 0 Å². The lowest BCUT2D eigenvalue weighted by atomic mass is 10.2. The average molecular weight is 507 g/mol. The van der Waals surface area contributed by atoms with Gasteiger partial charge < -0.3 is 14.2 Å². The number of benzene rings is 4. The number of carbonyl (C=O) groups excluding carboxylic acids is 3. The van der Waals surface area contributed by atoms with E-state index in [0.29, 0.717) is 21.2 Å². The highest BCUT2D eigenvalue weighted by molar-refractivity contribution is 6.31. The van der Waals surface area contributed by atoms with Crippen LogP contribution >= 0.6 is 23.2 Å². The zero-order valence-corrected chi connectivity index (χ0v) is 19.5. The van der Waals surface area contributed by atoms with Gasteiger partial charge in [-0.05, 0) is 97.1 Å². The molecule has 0 bridgehead atoms. The second-order valence-electron chi connectivity index (χ2n) is 7.18. The molecule has 0 aliphatic heterocycles. The third-order valence-corrected chi connectivity index (χ3v) is 5.21. The molecule has 0 aromatic heterocycles. The lowest BCUT2D eigenvalue weighted by molar-refractivity contribution is 0.0718. The van der Waals surface area contributed by atoms with E-state index in [-0.39, 0.29) is 22.8 Å². The molecule has 0 N–H and O–H groups in total. The zero-order chi connectivity index (χ0) is 24.8. The van der Waals surface area contributed by atoms with Gasteiger partial charge in [0.2, 0.25) is 0 Å². The van der Waals surface area contributed by atoms with Gasteiger partial charge in [-0.1, -0.05) is 23.2 Å². The number of rotatable bonds is 6. The number of halogens is 2. The van der Waals surface area contributed by atoms with Crippen LogP contribution in [0.15, 0.2) is 97.1 Å². The van der Waals surface area contributed by atoms with Crippen molar-refractivity contribution < 1.29 is 28.6 Å². The molecule has 0 aliphatic carbocycles. The number of carbonyl (C=O) groups is 3.